The predicted octanol–water partition coefficient (Wildman–Crippen LogP) is 3.26. The number of sulfonamides is 1. The molecule has 1 heterocycles. The van der Waals surface area contributed by atoms with Crippen LogP contribution < -0.4 is 4.72 Å². The van der Waals surface area contributed by atoms with Crippen LogP contribution in [0.25, 0.3) is 10.9 Å². The molecule has 7 heteroatoms. The number of anilines is 1. The molecule has 0 unspecified atom stereocenters. The van der Waals surface area contributed by atoms with Gasteiger partial charge in [-0.25, -0.2) is 8.42 Å². The standard InChI is InChI=1S/C14H12BrN3O2S/c15-8-10-1-5-13(6-2-10)21(19,20)18-12-4-3-11-9-16-17-14(11)7-12/h1-7,9,18H,8H2,(H,16,17). The van der Waals surface area contributed by atoms with Crippen molar-refractivity contribution in [2.75, 3.05) is 4.72 Å². The number of nitrogens with one attached hydrogen (secondary N) is 2. The molecular weight excluding hydrogens is 354 g/mol. The SMILES string of the molecule is O=S(=O)(Nc1ccc2cn[nH]c2c1)c1ccc(CBr)cc1. The minimum Gasteiger partial charge on any atom is -0.280 e. The molecule has 3 aromatic rings. The summed E-state index contributed by atoms with van der Waals surface area (Å²) >= 11 is 3.33. The topological polar surface area (TPSA) is 74.8 Å². The summed E-state index contributed by atoms with van der Waals surface area (Å²) in [7, 11) is -3.59. The number of rotatable bonds is 4. The van der Waals surface area contributed by atoms with Gasteiger partial charge >= 0.3 is 0 Å². The molecule has 0 atom stereocenters. The second-order valence-corrected chi connectivity index (χ2v) is 6.80. The Bertz CT molecular complexity index is 873. The van der Waals surface area contributed by atoms with E-state index < -0.39 is 10.0 Å². The van der Waals surface area contributed by atoms with Gasteiger partial charge in [0, 0.05) is 10.7 Å². The zero-order valence-corrected chi connectivity index (χ0v) is 13.3. The number of fused-ring (bicyclic) bond motifs is 1. The lowest BCUT2D eigenvalue weighted by Crippen LogP contribution is -2.12. The first-order valence-corrected chi connectivity index (χ1v) is 8.80. The van der Waals surface area contributed by atoms with Crippen LogP contribution in [0.1, 0.15) is 5.56 Å². The lowest BCUT2D eigenvalue weighted by molar-refractivity contribution is 0.601. The number of aromatic nitrogens is 2. The van der Waals surface area contributed by atoms with Crippen molar-refractivity contribution in [2.45, 2.75) is 10.2 Å². The zero-order chi connectivity index (χ0) is 14.9. The summed E-state index contributed by atoms with van der Waals surface area (Å²) in [6.45, 7) is 0. The molecule has 0 amide bonds. The number of nitrogens with zero attached hydrogens (tertiary/aromatic N) is 1. The summed E-state index contributed by atoms with van der Waals surface area (Å²) in [5.41, 5.74) is 2.30. The first kappa shape index (κ1) is 14.1. The van der Waals surface area contributed by atoms with E-state index in [4.69, 9.17) is 0 Å². The van der Waals surface area contributed by atoms with Crippen LogP contribution in [0.2, 0.25) is 0 Å². The molecule has 0 aliphatic heterocycles. The van der Waals surface area contributed by atoms with Crippen molar-refractivity contribution in [2.24, 2.45) is 0 Å². The van der Waals surface area contributed by atoms with Crippen LogP contribution in [0.5, 0.6) is 0 Å². The largest absolute Gasteiger partial charge is 0.280 e. The third-order valence-corrected chi connectivity index (χ3v) is 5.13. The van der Waals surface area contributed by atoms with Gasteiger partial charge in [-0.3, -0.25) is 9.82 Å². The maximum absolute atomic E-state index is 12.3. The number of H-pyrrole nitrogens is 1. The van der Waals surface area contributed by atoms with E-state index in [0.717, 1.165) is 16.5 Å². The van der Waals surface area contributed by atoms with Crippen LogP contribution >= 0.6 is 15.9 Å². The number of aromatic amines is 1. The van der Waals surface area contributed by atoms with Gasteiger partial charge in [0.2, 0.25) is 0 Å². The van der Waals surface area contributed by atoms with E-state index >= 15 is 0 Å². The Morgan fingerprint density at radius 1 is 1.14 bits per heavy atom. The van der Waals surface area contributed by atoms with E-state index in [9.17, 15) is 8.42 Å². The van der Waals surface area contributed by atoms with E-state index in [2.05, 4.69) is 30.8 Å². The summed E-state index contributed by atoms with van der Waals surface area (Å²) in [5.74, 6) is 0. The molecule has 2 N–H and O–H groups in total. The second-order valence-electron chi connectivity index (χ2n) is 4.56. The molecule has 21 heavy (non-hydrogen) atoms. The Morgan fingerprint density at radius 3 is 2.62 bits per heavy atom. The predicted molar refractivity (Wildman–Crippen MR) is 86.0 cm³/mol. The number of alkyl halides is 1. The van der Waals surface area contributed by atoms with Crippen LogP contribution in [0.3, 0.4) is 0 Å². The molecule has 5 nitrogen and oxygen atoms in total. The van der Waals surface area contributed by atoms with E-state index in [1.165, 1.54) is 0 Å². The highest BCUT2D eigenvalue weighted by Gasteiger charge is 2.14. The van der Waals surface area contributed by atoms with Crippen LogP contribution in [0.15, 0.2) is 53.6 Å². The lowest BCUT2D eigenvalue weighted by atomic mass is 10.2. The summed E-state index contributed by atoms with van der Waals surface area (Å²) < 4.78 is 27.2. The summed E-state index contributed by atoms with van der Waals surface area (Å²) in [4.78, 5) is 0.233. The fourth-order valence-electron chi connectivity index (χ4n) is 1.97. The second kappa shape index (κ2) is 5.50. The molecule has 0 bridgehead atoms. The Kier molecular flexibility index (Phi) is 3.69. The summed E-state index contributed by atoms with van der Waals surface area (Å²) in [6.07, 6.45) is 1.69. The Morgan fingerprint density at radius 2 is 1.90 bits per heavy atom. The van der Waals surface area contributed by atoms with Crippen LogP contribution in [0.4, 0.5) is 5.69 Å². The van der Waals surface area contributed by atoms with Gasteiger partial charge in [-0.15, -0.1) is 0 Å². The van der Waals surface area contributed by atoms with E-state index in [-0.39, 0.29) is 4.90 Å². The summed E-state index contributed by atoms with van der Waals surface area (Å²) in [6, 6.07) is 12.0. The number of hydrogen-bond donors (Lipinski definition) is 2. The van der Waals surface area contributed by atoms with Crippen LogP contribution in [-0.2, 0) is 15.4 Å². The van der Waals surface area contributed by atoms with Gasteiger partial charge < -0.3 is 0 Å². The maximum atomic E-state index is 12.3. The molecule has 0 aliphatic rings. The molecule has 0 saturated carbocycles. The molecular formula is C14H12BrN3O2S. The van der Waals surface area contributed by atoms with Crippen molar-refractivity contribution < 1.29 is 8.42 Å². The fraction of sp³-hybridized carbons (Fsp3) is 0.0714. The van der Waals surface area contributed by atoms with E-state index in [0.29, 0.717) is 11.0 Å². The number of benzene rings is 2. The first-order chi connectivity index (χ1) is 10.1. The maximum Gasteiger partial charge on any atom is 0.261 e. The quantitative estimate of drug-likeness (QED) is 0.696. The highest BCUT2D eigenvalue weighted by Crippen LogP contribution is 2.20. The highest BCUT2D eigenvalue weighted by atomic mass is 79.9. The minimum atomic E-state index is -3.59. The molecule has 0 saturated heterocycles. The smallest absolute Gasteiger partial charge is 0.261 e. The molecule has 0 aliphatic carbocycles. The molecule has 1 aromatic heterocycles. The lowest BCUT2D eigenvalue weighted by Gasteiger charge is -2.08. The third-order valence-electron chi connectivity index (χ3n) is 3.08. The first-order valence-electron chi connectivity index (χ1n) is 6.19. The normalized spacial score (nSPS) is 11.7. The molecule has 0 fully saturated rings. The van der Waals surface area contributed by atoms with Crippen molar-refractivity contribution in [1.82, 2.24) is 10.2 Å². The van der Waals surface area contributed by atoms with Crippen molar-refractivity contribution in [3.8, 4) is 0 Å². The van der Waals surface area contributed by atoms with Gasteiger partial charge in [-0.05, 0) is 35.9 Å². The molecule has 108 valence electrons. The van der Waals surface area contributed by atoms with E-state index in [1.807, 2.05) is 6.07 Å². The highest BCUT2D eigenvalue weighted by molar-refractivity contribution is 9.08. The van der Waals surface area contributed by atoms with Crippen LogP contribution in [-0.4, -0.2) is 18.6 Å². The number of hydrogen-bond acceptors (Lipinski definition) is 3. The van der Waals surface area contributed by atoms with Crippen molar-refractivity contribution in [1.29, 1.82) is 0 Å². The fourth-order valence-corrected chi connectivity index (χ4v) is 3.40. The van der Waals surface area contributed by atoms with Crippen LogP contribution in [0, 0.1) is 0 Å². The summed E-state index contributed by atoms with van der Waals surface area (Å²) in [5, 5.41) is 8.34. The minimum absolute atomic E-state index is 0.233. The molecule has 2 aromatic carbocycles. The number of halogens is 1. The zero-order valence-electron chi connectivity index (χ0n) is 10.9. The molecule has 0 spiro atoms. The average molecular weight is 366 g/mol. The van der Waals surface area contributed by atoms with Gasteiger partial charge in [0.05, 0.1) is 22.3 Å². The van der Waals surface area contributed by atoms with Crippen molar-refractivity contribution in [3.05, 3.63) is 54.2 Å². The van der Waals surface area contributed by atoms with E-state index in [1.54, 1.807) is 42.6 Å². The Hall–Kier alpha value is -1.86. The Balaban J connectivity index is 1.90. The van der Waals surface area contributed by atoms with Crippen molar-refractivity contribution >= 4 is 42.5 Å². The van der Waals surface area contributed by atoms with Gasteiger partial charge in [0.15, 0.2) is 0 Å². The van der Waals surface area contributed by atoms with Crippen molar-refractivity contribution in [3.63, 3.8) is 0 Å². The molecule has 0 radical (unpaired) electrons. The third kappa shape index (κ3) is 2.93. The Labute approximate surface area is 130 Å². The van der Waals surface area contributed by atoms with Gasteiger partial charge in [0.25, 0.3) is 10.0 Å². The van der Waals surface area contributed by atoms with Gasteiger partial charge in [-0.2, -0.15) is 5.10 Å². The monoisotopic (exact) mass is 365 g/mol. The van der Waals surface area contributed by atoms with Gasteiger partial charge in [0.1, 0.15) is 0 Å². The average Bonchev–Trinajstić information content (AvgIpc) is 2.94. The molecule has 3 rings (SSSR count). The van der Waals surface area contributed by atoms with Gasteiger partial charge in [-0.1, -0.05) is 28.1 Å².